The molecule has 4 rings (SSSR count). The zero-order valence-electron chi connectivity index (χ0n) is 21.9. The van der Waals surface area contributed by atoms with Gasteiger partial charge in [0.15, 0.2) is 6.29 Å². The minimum Gasteiger partial charge on any atom is -0.394 e. The van der Waals surface area contributed by atoms with E-state index in [9.17, 15) is 46.0 Å². The Kier molecular flexibility index (Phi) is 12.1. The number of hydrogen-bond donors (Lipinski definition) is 9. The van der Waals surface area contributed by atoms with Crippen molar-refractivity contribution < 1.29 is 69.6 Å². The largest absolute Gasteiger partial charge is 0.394 e. The van der Waals surface area contributed by atoms with Gasteiger partial charge in [-0.25, -0.2) is 0 Å². The van der Waals surface area contributed by atoms with Gasteiger partial charge in [-0.1, -0.05) is 58.0 Å². The van der Waals surface area contributed by atoms with Crippen molar-refractivity contribution in [3.8, 4) is 0 Å². The molecule has 19 heteroatoms. The zero-order chi connectivity index (χ0) is 32.0. The Balaban J connectivity index is 1.70. The third-order valence-electron chi connectivity index (χ3n) is 7.49. The average molecular weight is 721 g/mol. The fourth-order valence-electron chi connectivity index (χ4n) is 5.04. The molecule has 3 heterocycles. The first-order valence-electron chi connectivity index (χ1n) is 12.9. The molecule has 0 aliphatic carbocycles. The van der Waals surface area contributed by atoms with E-state index in [2.05, 4.69) is 0 Å². The summed E-state index contributed by atoms with van der Waals surface area (Å²) in [6.07, 6.45) is -19.2. The van der Waals surface area contributed by atoms with Gasteiger partial charge in [-0.15, -0.1) is 0 Å². The standard InChI is InChI=1S/C24H31Cl5O14/c25-12-11(13(26)15(28)16(29)14(12)27)21-7(40-21)1-10(39-5-6(33)2-30)24(22(38)18(35)9(4-32)42-24)43-23-20(37)19(36)17(34)8(3-31)41-23/h6-10,17-23,30-38H,1-5H2/t6?,7?,8-,9-,10?,17-,18-,19+,20-,21?,22+,23-,24+/m1/s1. The van der Waals surface area contributed by atoms with Crippen molar-refractivity contribution in [1.82, 2.24) is 0 Å². The molecular formula is C24H31Cl5O14. The monoisotopic (exact) mass is 718 g/mol. The van der Waals surface area contributed by atoms with E-state index in [4.69, 9.17) is 81.7 Å². The second-order valence-corrected chi connectivity index (χ2v) is 12.2. The highest BCUT2D eigenvalue weighted by molar-refractivity contribution is 6.55. The van der Waals surface area contributed by atoms with Crippen LogP contribution >= 0.6 is 58.0 Å². The molecule has 0 aromatic heterocycles. The van der Waals surface area contributed by atoms with Crippen LogP contribution in [0.2, 0.25) is 25.1 Å². The highest BCUT2D eigenvalue weighted by Gasteiger charge is 2.64. The summed E-state index contributed by atoms with van der Waals surface area (Å²) in [4.78, 5) is 0. The van der Waals surface area contributed by atoms with Crippen molar-refractivity contribution in [2.24, 2.45) is 0 Å². The number of hydrogen-bond acceptors (Lipinski definition) is 14. The first-order valence-corrected chi connectivity index (χ1v) is 14.8. The Hall–Kier alpha value is 0.110. The number of halogens is 5. The molecular weight excluding hydrogens is 690 g/mol. The summed E-state index contributed by atoms with van der Waals surface area (Å²) >= 11 is 31.2. The third kappa shape index (κ3) is 6.90. The third-order valence-corrected chi connectivity index (χ3v) is 9.79. The topological polar surface area (TPSA) is 232 Å². The summed E-state index contributed by atoms with van der Waals surface area (Å²) in [6.45, 7) is -2.93. The van der Waals surface area contributed by atoms with Crippen LogP contribution in [0, 0.1) is 0 Å². The van der Waals surface area contributed by atoms with E-state index in [1.54, 1.807) is 0 Å². The van der Waals surface area contributed by atoms with Crippen LogP contribution in [0.15, 0.2) is 0 Å². The zero-order valence-corrected chi connectivity index (χ0v) is 25.7. The van der Waals surface area contributed by atoms with Crippen molar-refractivity contribution >= 4 is 58.0 Å². The molecule has 246 valence electrons. The summed E-state index contributed by atoms with van der Waals surface area (Å²) < 4.78 is 28.7. The number of aliphatic hydroxyl groups is 9. The summed E-state index contributed by atoms with van der Waals surface area (Å²) in [5.41, 5.74) is 0.173. The van der Waals surface area contributed by atoms with Crippen molar-refractivity contribution in [1.29, 1.82) is 0 Å². The SMILES string of the molecule is OCC(O)COC(CC1OC1c1c(Cl)c(Cl)c(Cl)c(Cl)c1Cl)[C@@]1(O[C@H]2O[C@H](CO)[C@@H](O)[C@H](O)[C@H]2O)O[C@H](CO)[C@@H](O)[C@@H]1O. The highest BCUT2D eigenvalue weighted by atomic mass is 35.5. The molecule has 1 aromatic rings. The lowest BCUT2D eigenvalue weighted by Gasteiger charge is -2.46. The number of aliphatic hydroxyl groups excluding tert-OH is 9. The van der Waals surface area contributed by atoms with E-state index in [0.717, 1.165) is 0 Å². The maximum Gasteiger partial charge on any atom is 0.227 e. The summed E-state index contributed by atoms with van der Waals surface area (Å²) in [5, 5.41) is 91.4. The van der Waals surface area contributed by atoms with Gasteiger partial charge in [-0.3, -0.25) is 0 Å². The van der Waals surface area contributed by atoms with Crippen LogP contribution in [-0.2, 0) is 23.7 Å². The predicted octanol–water partition coefficient (Wildman–Crippen LogP) is -0.852. The molecule has 1 aromatic carbocycles. The van der Waals surface area contributed by atoms with Crippen molar-refractivity contribution in [2.75, 3.05) is 26.4 Å². The highest BCUT2D eigenvalue weighted by Crippen LogP contribution is 2.54. The maximum absolute atomic E-state index is 11.2. The fourth-order valence-corrected chi connectivity index (χ4v) is 6.40. The van der Waals surface area contributed by atoms with Crippen molar-refractivity contribution in [3.05, 3.63) is 30.7 Å². The van der Waals surface area contributed by atoms with Gasteiger partial charge in [0.2, 0.25) is 5.79 Å². The molecule has 43 heavy (non-hydrogen) atoms. The molecule has 13 atom stereocenters. The van der Waals surface area contributed by atoms with Crippen LogP contribution in [0.25, 0.3) is 0 Å². The van der Waals surface area contributed by atoms with Gasteiger partial charge in [0.25, 0.3) is 0 Å². The predicted molar refractivity (Wildman–Crippen MR) is 148 cm³/mol. The number of rotatable bonds is 12. The van der Waals surface area contributed by atoms with Crippen LogP contribution in [0.1, 0.15) is 18.1 Å². The maximum atomic E-state index is 11.2. The van der Waals surface area contributed by atoms with Crippen LogP contribution in [0.5, 0.6) is 0 Å². The second kappa shape index (κ2) is 14.5. The Bertz CT molecular complexity index is 1110. The van der Waals surface area contributed by atoms with Gasteiger partial charge in [0.05, 0.1) is 57.6 Å². The number of ether oxygens (including phenoxy) is 5. The first kappa shape index (κ1) is 36.0. The van der Waals surface area contributed by atoms with Gasteiger partial charge >= 0.3 is 0 Å². The van der Waals surface area contributed by atoms with E-state index in [0.29, 0.717) is 0 Å². The minimum absolute atomic E-state index is 0.0538. The lowest BCUT2D eigenvalue weighted by Crippen LogP contribution is -2.64. The van der Waals surface area contributed by atoms with E-state index in [1.165, 1.54) is 0 Å². The van der Waals surface area contributed by atoms with Crippen LogP contribution in [-0.4, -0.2) is 146 Å². The van der Waals surface area contributed by atoms with E-state index < -0.39 is 106 Å². The molecule has 14 nitrogen and oxygen atoms in total. The van der Waals surface area contributed by atoms with Crippen LogP contribution < -0.4 is 0 Å². The molecule has 0 spiro atoms. The smallest absolute Gasteiger partial charge is 0.227 e. The molecule has 0 bridgehead atoms. The Morgan fingerprint density at radius 1 is 0.721 bits per heavy atom. The minimum atomic E-state index is -2.52. The van der Waals surface area contributed by atoms with E-state index >= 15 is 0 Å². The van der Waals surface area contributed by atoms with Crippen LogP contribution in [0.4, 0.5) is 0 Å². The van der Waals surface area contributed by atoms with E-state index in [1.807, 2.05) is 0 Å². The molecule has 0 radical (unpaired) electrons. The summed E-state index contributed by atoms with van der Waals surface area (Å²) in [5.74, 6) is -2.52. The Morgan fingerprint density at radius 2 is 1.30 bits per heavy atom. The van der Waals surface area contributed by atoms with Gasteiger partial charge in [0.1, 0.15) is 61.0 Å². The van der Waals surface area contributed by atoms with Gasteiger partial charge in [-0.05, 0) is 0 Å². The quantitative estimate of drug-likeness (QED) is 0.0728. The summed E-state index contributed by atoms with van der Waals surface area (Å²) in [6, 6.07) is 0. The van der Waals surface area contributed by atoms with Crippen molar-refractivity contribution in [3.63, 3.8) is 0 Å². The average Bonchev–Trinajstić information content (AvgIpc) is 3.71. The molecule has 9 N–H and O–H groups in total. The number of benzene rings is 1. The Labute approximate surface area is 269 Å². The molecule has 3 fully saturated rings. The lowest BCUT2D eigenvalue weighted by atomic mass is 9.94. The first-order chi connectivity index (χ1) is 20.2. The summed E-state index contributed by atoms with van der Waals surface area (Å²) in [7, 11) is 0. The molecule has 3 aliphatic heterocycles. The molecule has 3 saturated heterocycles. The Morgan fingerprint density at radius 3 is 1.84 bits per heavy atom. The van der Waals surface area contributed by atoms with Crippen LogP contribution in [0.3, 0.4) is 0 Å². The second-order valence-electron chi connectivity index (χ2n) is 10.3. The normalized spacial score (nSPS) is 39.2. The molecule has 0 amide bonds. The lowest BCUT2D eigenvalue weighted by molar-refractivity contribution is -0.399. The van der Waals surface area contributed by atoms with Gasteiger partial charge in [0, 0.05) is 12.0 Å². The van der Waals surface area contributed by atoms with E-state index in [-0.39, 0.29) is 37.1 Å². The van der Waals surface area contributed by atoms with Crippen molar-refractivity contribution in [2.45, 2.75) is 85.6 Å². The molecule has 3 aliphatic rings. The fraction of sp³-hybridized carbons (Fsp3) is 0.750. The molecule has 0 saturated carbocycles. The van der Waals surface area contributed by atoms with Gasteiger partial charge in [-0.2, -0.15) is 0 Å². The number of epoxide rings is 1. The van der Waals surface area contributed by atoms with Gasteiger partial charge < -0.3 is 69.6 Å². The molecule has 4 unspecified atom stereocenters.